The molecule has 0 spiro atoms. The van der Waals surface area contributed by atoms with Crippen LogP contribution in [0.15, 0.2) is 41.6 Å². The maximum absolute atomic E-state index is 12.0. The molecule has 1 N–H and O–H groups in total. The molecule has 0 aliphatic carbocycles. The molecule has 18 heavy (non-hydrogen) atoms. The number of nitrogens with one attached hydrogen (secondary N) is 1. The van der Waals surface area contributed by atoms with Crippen LogP contribution >= 0.6 is 0 Å². The van der Waals surface area contributed by atoms with Crippen LogP contribution in [0.3, 0.4) is 0 Å². The normalized spacial score (nSPS) is 11.2. The van der Waals surface area contributed by atoms with E-state index in [1.807, 2.05) is 13.8 Å². The lowest BCUT2D eigenvalue weighted by atomic mass is 10.2. The summed E-state index contributed by atoms with van der Waals surface area (Å²) >= 11 is 0. The Labute approximate surface area is 106 Å². The van der Waals surface area contributed by atoms with Crippen molar-refractivity contribution in [3.05, 3.63) is 47.8 Å². The van der Waals surface area contributed by atoms with Crippen LogP contribution in [-0.2, 0) is 10.0 Å². The van der Waals surface area contributed by atoms with Crippen LogP contribution in [-0.4, -0.2) is 18.4 Å². The molecule has 0 radical (unpaired) electrons. The Hall–Kier alpha value is -1.95. The van der Waals surface area contributed by atoms with Gasteiger partial charge in [-0.25, -0.2) is 23.1 Å². The van der Waals surface area contributed by atoms with Gasteiger partial charge in [0.1, 0.15) is 0 Å². The number of hydrogen-bond donors (Lipinski definition) is 1. The Morgan fingerprint density at radius 1 is 0.944 bits per heavy atom. The highest BCUT2D eigenvalue weighted by atomic mass is 32.2. The fraction of sp³-hybridized carbons (Fsp3) is 0.167. The van der Waals surface area contributed by atoms with Crippen molar-refractivity contribution in [2.45, 2.75) is 18.7 Å². The van der Waals surface area contributed by atoms with Crippen molar-refractivity contribution in [1.29, 1.82) is 0 Å². The highest BCUT2D eigenvalue weighted by Crippen LogP contribution is 2.13. The number of hydrogen-bond acceptors (Lipinski definition) is 4. The standard InChI is InChI=1S/C12H13N3O2S/c1-9-3-5-11(6-4-9)18(16,17)15-12-13-7-10(2)8-14-12/h3-8H,1-2H3,(H,13,14,15). The number of nitrogens with zero attached hydrogens (tertiary/aromatic N) is 2. The monoisotopic (exact) mass is 263 g/mol. The topological polar surface area (TPSA) is 72.0 Å². The van der Waals surface area contributed by atoms with Gasteiger partial charge in [0.25, 0.3) is 10.0 Å². The van der Waals surface area contributed by atoms with E-state index in [-0.39, 0.29) is 10.8 Å². The number of sulfonamides is 1. The third-order valence-electron chi connectivity index (χ3n) is 2.34. The molecular formula is C12H13N3O2S. The predicted octanol–water partition coefficient (Wildman–Crippen LogP) is 1.89. The minimum atomic E-state index is -3.62. The van der Waals surface area contributed by atoms with E-state index in [2.05, 4.69) is 14.7 Å². The smallest absolute Gasteiger partial charge is 0.247 e. The summed E-state index contributed by atoms with van der Waals surface area (Å²) < 4.78 is 26.3. The van der Waals surface area contributed by atoms with Crippen molar-refractivity contribution in [1.82, 2.24) is 9.97 Å². The number of rotatable bonds is 3. The number of aryl methyl sites for hydroxylation is 2. The van der Waals surface area contributed by atoms with E-state index < -0.39 is 10.0 Å². The largest absolute Gasteiger partial charge is 0.264 e. The van der Waals surface area contributed by atoms with E-state index >= 15 is 0 Å². The number of benzene rings is 1. The van der Waals surface area contributed by atoms with Crippen molar-refractivity contribution in [2.24, 2.45) is 0 Å². The molecule has 0 bridgehead atoms. The Morgan fingerprint density at radius 2 is 1.50 bits per heavy atom. The molecule has 2 rings (SSSR count). The first-order valence-electron chi connectivity index (χ1n) is 5.35. The van der Waals surface area contributed by atoms with E-state index in [0.29, 0.717) is 0 Å². The molecule has 6 heteroatoms. The SMILES string of the molecule is Cc1ccc(S(=O)(=O)Nc2ncc(C)cn2)cc1. The fourth-order valence-electron chi connectivity index (χ4n) is 1.34. The molecule has 0 fully saturated rings. The minimum absolute atomic E-state index is 0.0705. The average Bonchev–Trinajstić information content (AvgIpc) is 2.32. The van der Waals surface area contributed by atoms with Gasteiger partial charge in [0, 0.05) is 12.4 Å². The third kappa shape index (κ3) is 2.84. The van der Waals surface area contributed by atoms with E-state index in [4.69, 9.17) is 0 Å². The van der Waals surface area contributed by atoms with Crippen molar-refractivity contribution in [3.8, 4) is 0 Å². The highest BCUT2D eigenvalue weighted by molar-refractivity contribution is 7.92. The molecule has 5 nitrogen and oxygen atoms in total. The maximum atomic E-state index is 12.0. The summed E-state index contributed by atoms with van der Waals surface area (Å²) in [6, 6.07) is 6.58. The first kappa shape index (κ1) is 12.5. The van der Waals surface area contributed by atoms with Crippen LogP contribution in [0.4, 0.5) is 5.95 Å². The summed E-state index contributed by atoms with van der Waals surface area (Å²) in [5, 5.41) is 0. The van der Waals surface area contributed by atoms with Gasteiger partial charge in [-0.1, -0.05) is 17.7 Å². The predicted molar refractivity (Wildman–Crippen MR) is 68.8 cm³/mol. The van der Waals surface area contributed by atoms with Crippen LogP contribution in [0.2, 0.25) is 0 Å². The summed E-state index contributed by atoms with van der Waals surface area (Å²) in [5.41, 5.74) is 1.87. The first-order valence-corrected chi connectivity index (χ1v) is 6.84. The lowest BCUT2D eigenvalue weighted by Gasteiger charge is -2.06. The van der Waals surface area contributed by atoms with Crippen molar-refractivity contribution in [3.63, 3.8) is 0 Å². The zero-order valence-corrected chi connectivity index (χ0v) is 10.9. The molecule has 0 amide bonds. The van der Waals surface area contributed by atoms with Crippen LogP contribution in [0.1, 0.15) is 11.1 Å². The Kier molecular flexibility index (Phi) is 3.29. The van der Waals surface area contributed by atoms with Gasteiger partial charge in [-0.15, -0.1) is 0 Å². The van der Waals surface area contributed by atoms with Crippen LogP contribution < -0.4 is 4.72 Å². The Morgan fingerprint density at radius 3 is 2.06 bits per heavy atom. The lowest BCUT2D eigenvalue weighted by molar-refractivity contribution is 0.601. The quantitative estimate of drug-likeness (QED) is 0.918. The second-order valence-electron chi connectivity index (χ2n) is 4.00. The first-order chi connectivity index (χ1) is 8.47. The maximum Gasteiger partial charge on any atom is 0.264 e. The van der Waals surface area contributed by atoms with E-state index in [1.54, 1.807) is 36.7 Å². The van der Waals surface area contributed by atoms with Gasteiger partial charge >= 0.3 is 0 Å². The fourth-order valence-corrected chi connectivity index (χ4v) is 2.30. The van der Waals surface area contributed by atoms with Crippen LogP contribution in [0.5, 0.6) is 0 Å². The van der Waals surface area contributed by atoms with Gasteiger partial charge in [0.2, 0.25) is 5.95 Å². The van der Waals surface area contributed by atoms with E-state index in [1.165, 1.54) is 0 Å². The van der Waals surface area contributed by atoms with Gasteiger partial charge in [0.05, 0.1) is 4.90 Å². The van der Waals surface area contributed by atoms with Gasteiger partial charge in [-0.05, 0) is 31.5 Å². The van der Waals surface area contributed by atoms with Crippen molar-refractivity contribution >= 4 is 16.0 Å². The zero-order valence-electron chi connectivity index (χ0n) is 10.1. The van der Waals surface area contributed by atoms with Gasteiger partial charge < -0.3 is 0 Å². The molecule has 0 aliphatic rings. The zero-order chi connectivity index (χ0) is 13.2. The molecule has 2 aromatic rings. The molecule has 1 aromatic carbocycles. The molecule has 94 valence electrons. The molecule has 0 saturated carbocycles. The van der Waals surface area contributed by atoms with E-state index in [0.717, 1.165) is 11.1 Å². The summed E-state index contributed by atoms with van der Waals surface area (Å²) in [7, 11) is -3.62. The van der Waals surface area contributed by atoms with Gasteiger partial charge in [-0.2, -0.15) is 0 Å². The molecule has 0 unspecified atom stereocenters. The number of anilines is 1. The second kappa shape index (κ2) is 4.73. The molecule has 0 saturated heterocycles. The Bertz CT molecular complexity index is 634. The lowest BCUT2D eigenvalue weighted by Crippen LogP contribution is -2.14. The number of aromatic nitrogens is 2. The summed E-state index contributed by atoms with van der Waals surface area (Å²) in [6.07, 6.45) is 3.11. The molecular weight excluding hydrogens is 250 g/mol. The van der Waals surface area contributed by atoms with Crippen molar-refractivity contribution < 1.29 is 8.42 Å². The average molecular weight is 263 g/mol. The third-order valence-corrected chi connectivity index (χ3v) is 3.68. The summed E-state index contributed by atoms with van der Waals surface area (Å²) in [4.78, 5) is 8.00. The second-order valence-corrected chi connectivity index (χ2v) is 5.68. The van der Waals surface area contributed by atoms with Crippen LogP contribution in [0.25, 0.3) is 0 Å². The van der Waals surface area contributed by atoms with Gasteiger partial charge in [-0.3, -0.25) is 0 Å². The molecule has 0 aliphatic heterocycles. The summed E-state index contributed by atoms with van der Waals surface area (Å²) in [6.45, 7) is 3.73. The summed E-state index contributed by atoms with van der Waals surface area (Å²) in [5.74, 6) is 0.0705. The molecule has 0 atom stereocenters. The van der Waals surface area contributed by atoms with Crippen molar-refractivity contribution in [2.75, 3.05) is 4.72 Å². The van der Waals surface area contributed by atoms with Crippen LogP contribution in [0, 0.1) is 13.8 Å². The minimum Gasteiger partial charge on any atom is -0.247 e. The molecule has 1 heterocycles. The van der Waals surface area contributed by atoms with E-state index in [9.17, 15) is 8.42 Å². The molecule has 1 aromatic heterocycles. The van der Waals surface area contributed by atoms with Gasteiger partial charge in [0.15, 0.2) is 0 Å². The highest BCUT2D eigenvalue weighted by Gasteiger charge is 2.14. The Balaban J connectivity index is 2.27.